The van der Waals surface area contributed by atoms with Crippen LogP contribution in [0.25, 0.3) is 17.0 Å². The second-order valence-corrected chi connectivity index (χ2v) is 8.90. The fourth-order valence-electron chi connectivity index (χ4n) is 4.58. The van der Waals surface area contributed by atoms with Crippen molar-refractivity contribution < 1.29 is 23.1 Å². The summed E-state index contributed by atoms with van der Waals surface area (Å²) in [5.74, 6) is -1.15. The fraction of sp³-hybridized carbons (Fsp3) is 0.478. The number of benzene rings is 1. The lowest BCUT2D eigenvalue weighted by Crippen LogP contribution is -2.45. The number of hydrogen-bond donors (Lipinski definition) is 2. The third-order valence-electron chi connectivity index (χ3n) is 6.39. The highest BCUT2D eigenvalue weighted by molar-refractivity contribution is 5.85. The molecule has 2 aliphatic heterocycles. The minimum Gasteiger partial charge on any atom is -0.378 e. The molecule has 2 aliphatic rings. The zero-order valence-electron chi connectivity index (χ0n) is 20.0. The normalized spacial score (nSPS) is 18.4. The standard InChI is InChI=1S/C23H27F2N9O3/c24-18(25)19-28-15-5-1-2-6-16(15)34(19)23-30-21(32-8-10-37-11-9-32)29-22(31-23)33-7-3-4-14(13-33)20(36)27-12-17(26)35/h1-2,5-6,14,18H,3-4,7-13H2,(H2,26,35)(H,27,36)/t14-/m1/s1. The van der Waals surface area contributed by atoms with E-state index in [1.165, 1.54) is 4.57 Å². The molecule has 2 saturated heterocycles. The van der Waals surface area contributed by atoms with Crippen LogP contribution in [0.3, 0.4) is 0 Å². The number of carbonyl (C=O) groups excluding carboxylic acids is 2. The number of amides is 2. The number of halogens is 2. The molecule has 1 atom stereocenters. The zero-order chi connectivity index (χ0) is 25.9. The van der Waals surface area contributed by atoms with Crippen LogP contribution in [-0.2, 0) is 14.3 Å². The number of alkyl halides is 2. The second-order valence-electron chi connectivity index (χ2n) is 8.90. The summed E-state index contributed by atoms with van der Waals surface area (Å²) in [6, 6.07) is 6.81. The van der Waals surface area contributed by atoms with Crippen LogP contribution >= 0.6 is 0 Å². The van der Waals surface area contributed by atoms with Crippen LogP contribution in [-0.4, -0.2) is 82.3 Å². The highest BCUT2D eigenvalue weighted by Crippen LogP contribution is 2.29. The molecule has 0 saturated carbocycles. The first-order valence-electron chi connectivity index (χ1n) is 12.1. The lowest BCUT2D eigenvalue weighted by Gasteiger charge is -2.33. The molecule has 37 heavy (non-hydrogen) atoms. The van der Waals surface area contributed by atoms with E-state index in [4.69, 9.17) is 10.5 Å². The van der Waals surface area contributed by atoms with Crippen LogP contribution in [0.2, 0.25) is 0 Å². The molecule has 14 heteroatoms. The summed E-state index contributed by atoms with van der Waals surface area (Å²) in [5, 5.41) is 2.55. The molecule has 3 N–H and O–H groups in total. The fourth-order valence-corrected chi connectivity index (χ4v) is 4.58. The number of anilines is 2. The number of nitrogens with two attached hydrogens (primary N) is 1. The average molecular weight is 516 g/mol. The van der Waals surface area contributed by atoms with Gasteiger partial charge in [0.05, 0.1) is 36.7 Å². The van der Waals surface area contributed by atoms with Gasteiger partial charge in [0, 0.05) is 26.2 Å². The number of imidazole rings is 1. The molecule has 2 aromatic heterocycles. The first kappa shape index (κ1) is 24.7. The van der Waals surface area contributed by atoms with Crippen molar-refractivity contribution in [3.8, 4) is 5.95 Å². The molecule has 0 unspecified atom stereocenters. The zero-order valence-corrected chi connectivity index (χ0v) is 20.0. The number of rotatable bonds is 7. The van der Waals surface area contributed by atoms with Crippen molar-refractivity contribution in [2.75, 3.05) is 55.7 Å². The molecule has 12 nitrogen and oxygen atoms in total. The summed E-state index contributed by atoms with van der Waals surface area (Å²) in [6.07, 6.45) is -1.55. The maximum Gasteiger partial charge on any atom is 0.296 e. The van der Waals surface area contributed by atoms with Crippen molar-refractivity contribution in [2.24, 2.45) is 11.7 Å². The monoisotopic (exact) mass is 515 g/mol. The van der Waals surface area contributed by atoms with E-state index in [9.17, 15) is 18.4 Å². The molecule has 3 aromatic rings. The largest absolute Gasteiger partial charge is 0.378 e. The van der Waals surface area contributed by atoms with Crippen LogP contribution in [0.15, 0.2) is 24.3 Å². The predicted molar refractivity (Wildman–Crippen MR) is 130 cm³/mol. The number of aromatic nitrogens is 5. The Balaban J connectivity index is 1.55. The Bertz CT molecular complexity index is 1300. The van der Waals surface area contributed by atoms with Crippen molar-refractivity contribution in [1.29, 1.82) is 0 Å². The Morgan fingerprint density at radius 2 is 1.73 bits per heavy atom. The number of fused-ring (bicyclic) bond motifs is 1. The van der Waals surface area contributed by atoms with E-state index < -0.39 is 24.1 Å². The van der Waals surface area contributed by atoms with Gasteiger partial charge in [-0.2, -0.15) is 15.0 Å². The van der Waals surface area contributed by atoms with Crippen molar-refractivity contribution >= 4 is 34.7 Å². The Hall–Kier alpha value is -3.94. The third kappa shape index (κ3) is 5.28. The molecule has 0 bridgehead atoms. The first-order valence-corrected chi connectivity index (χ1v) is 12.1. The smallest absolute Gasteiger partial charge is 0.296 e. The molecular formula is C23H27F2N9O3. The van der Waals surface area contributed by atoms with Gasteiger partial charge in [-0.05, 0) is 25.0 Å². The lowest BCUT2D eigenvalue weighted by molar-refractivity contribution is -0.127. The number of para-hydroxylation sites is 2. The van der Waals surface area contributed by atoms with Gasteiger partial charge in [0.2, 0.25) is 29.7 Å². The highest BCUT2D eigenvalue weighted by Gasteiger charge is 2.30. The number of piperidine rings is 1. The molecule has 0 aliphatic carbocycles. The predicted octanol–water partition coefficient (Wildman–Crippen LogP) is 0.803. The van der Waals surface area contributed by atoms with Gasteiger partial charge in [0.25, 0.3) is 6.43 Å². The first-order chi connectivity index (χ1) is 17.9. The minimum absolute atomic E-state index is 0.0239. The van der Waals surface area contributed by atoms with Crippen LogP contribution in [0, 0.1) is 5.92 Å². The van der Waals surface area contributed by atoms with E-state index in [2.05, 4.69) is 25.3 Å². The van der Waals surface area contributed by atoms with Gasteiger partial charge in [0.15, 0.2) is 5.82 Å². The van der Waals surface area contributed by atoms with E-state index in [1.807, 2.05) is 9.80 Å². The summed E-state index contributed by atoms with van der Waals surface area (Å²) in [5.41, 5.74) is 6.00. The molecule has 0 spiro atoms. The van der Waals surface area contributed by atoms with Crippen molar-refractivity contribution in [3.05, 3.63) is 30.1 Å². The van der Waals surface area contributed by atoms with Gasteiger partial charge in [-0.25, -0.2) is 13.8 Å². The molecule has 0 radical (unpaired) electrons. The molecule has 1 aromatic carbocycles. The van der Waals surface area contributed by atoms with E-state index in [1.54, 1.807) is 24.3 Å². The van der Waals surface area contributed by atoms with Gasteiger partial charge in [-0.1, -0.05) is 12.1 Å². The second kappa shape index (κ2) is 10.6. The maximum atomic E-state index is 14.1. The van der Waals surface area contributed by atoms with E-state index in [0.717, 1.165) is 0 Å². The lowest BCUT2D eigenvalue weighted by atomic mass is 9.97. The van der Waals surface area contributed by atoms with Crippen molar-refractivity contribution in [3.63, 3.8) is 0 Å². The van der Waals surface area contributed by atoms with Crippen molar-refractivity contribution in [2.45, 2.75) is 19.3 Å². The summed E-state index contributed by atoms with van der Waals surface area (Å²) in [7, 11) is 0. The quantitative estimate of drug-likeness (QED) is 0.467. The van der Waals surface area contributed by atoms with E-state index >= 15 is 0 Å². The number of primary amides is 1. The number of hydrogen-bond acceptors (Lipinski definition) is 9. The average Bonchev–Trinajstić information content (AvgIpc) is 3.32. The van der Waals surface area contributed by atoms with Gasteiger partial charge in [0.1, 0.15) is 0 Å². The van der Waals surface area contributed by atoms with E-state index in [0.29, 0.717) is 69.2 Å². The van der Waals surface area contributed by atoms with Crippen LogP contribution < -0.4 is 20.9 Å². The van der Waals surface area contributed by atoms with Gasteiger partial charge in [-0.15, -0.1) is 0 Å². The highest BCUT2D eigenvalue weighted by atomic mass is 19.3. The maximum absolute atomic E-state index is 14.1. The Kier molecular flexibility index (Phi) is 7.08. The van der Waals surface area contributed by atoms with Crippen LogP contribution in [0.5, 0.6) is 0 Å². The Morgan fingerprint density at radius 3 is 2.46 bits per heavy atom. The topological polar surface area (TPSA) is 144 Å². The van der Waals surface area contributed by atoms with Crippen LogP contribution in [0.4, 0.5) is 20.7 Å². The SMILES string of the molecule is NC(=O)CNC(=O)[C@@H]1CCCN(c2nc(N3CCOCC3)nc(-n3c(C(F)F)nc4ccccc43)n2)C1. The van der Waals surface area contributed by atoms with Crippen molar-refractivity contribution in [1.82, 2.24) is 29.8 Å². The molecule has 196 valence electrons. The molecular weight excluding hydrogens is 488 g/mol. The number of ether oxygens (including phenoxy) is 1. The summed E-state index contributed by atoms with van der Waals surface area (Å²) in [6.45, 7) is 2.66. The van der Waals surface area contributed by atoms with Gasteiger partial charge >= 0.3 is 0 Å². The molecule has 5 rings (SSSR count). The number of nitrogens with zero attached hydrogens (tertiary/aromatic N) is 7. The molecule has 2 fully saturated rings. The minimum atomic E-state index is -2.85. The third-order valence-corrected chi connectivity index (χ3v) is 6.39. The summed E-state index contributed by atoms with van der Waals surface area (Å²) >= 11 is 0. The number of morpholine rings is 1. The van der Waals surface area contributed by atoms with Gasteiger partial charge in [-0.3, -0.25) is 14.2 Å². The van der Waals surface area contributed by atoms with Gasteiger partial charge < -0.3 is 25.6 Å². The Labute approximate surface area is 210 Å². The van der Waals surface area contributed by atoms with Crippen LogP contribution in [0.1, 0.15) is 25.1 Å². The summed E-state index contributed by atoms with van der Waals surface area (Å²) in [4.78, 5) is 45.4. The number of nitrogens with one attached hydrogen (secondary N) is 1. The molecule has 4 heterocycles. The Morgan fingerprint density at radius 1 is 1.03 bits per heavy atom. The summed E-state index contributed by atoms with van der Waals surface area (Å²) < 4.78 is 34.8. The van der Waals surface area contributed by atoms with E-state index in [-0.39, 0.29) is 24.3 Å². The molecule has 2 amide bonds. The number of carbonyl (C=O) groups is 2.